The maximum Gasteiger partial charge on any atom is 0.269 e. The van der Waals surface area contributed by atoms with Crippen LogP contribution in [0.1, 0.15) is 32.1 Å². The highest BCUT2D eigenvalue weighted by atomic mass is 16.6. The summed E-state index contributed by atoms with van der Waals surface area (Å²) in [4.78, 5) is 12.3. The van der Waals surface area contributed by atoms with Crippen LogP contribution in [0.3, 0.4) is 0 Å². The zero-order chi connectivity index (χ0) is 14.8. The van der Waals surface area contributed by atoms with E-state index in [4.69, 9.17) is 10.00 Å². The zero-order valence-electron chi connectivity index (χ0n) is 11.6. The van der Waals surface area contributed by atoms with E-state index in [2.05, 4.69) is 11.0 Å². The normalized spacial score (nSPS) is 21.6. The van der Waals surface area contributed by atoms with Gasteiger partial charge in [0.05, 0.1) is 16.6 Å². The van der Waals surface area contributed by atoms with Gasteiger partial charge in [-0.3, -0.25) is 15.0 Å². The highest BCUT2D eigenvalue weighted by molar-refractivity contribution is 5.34. The Balaban J connectivity index is 2.20. The van der Waals surface area contributed by atoms with Crippen molar-refractivity contribution in [2.75, 3.05) is 13.1 Å². The van der Waals surface area contributed by atoms with Gasteiger partial charge in [0.15, 0.2) is 0 Å². The minimum atomic E-state index is -0.420. The molecule has 1 aromatic carbocycles. The lowest BCUT2D eigenvalue weighted by molar-refractivity contribution is -0.384. The average molecular weight is 275 g/mol. The fraction of sp³-hybridized carbons (Fsp3) is 0.500. The lowest BCUT2D eigenvalue weighted by Crippen LogP contribution is -2.29. The third-order valence-corrected chi connectivity index (χ3v) is 3.25. The molecular formula is C14H17N3O3. The summed E-state index contributed by atoms with van der Waals surface area (Å²) in [5.41, 5.74) is 0.649. The number of rotatable bonds is 4. The topological polar surface area (TPSA) is 79.4 Å². The van der Waals surface area contributed by atoms with E-state index in [-0.39, 0.29) is 17.5 Å². The van der Waals surface area contributed by atoms with Crippen LogP contribution in [0.15, 0.2) is 24.3 Å². The van der Waals surface area contributed by atoms with E-state index in [1.165, 1.54) is 12.1 Å². The Hall–Kier alpha value is -1.97. The molecule has 0 amide bonds. The summed E-state index contributed by atoms with van der Waals surface area (Å²) < 4.78 is 5.99. The molecule has 0 spiro atoms. The molecule has 0 bridgehead atoms. The number of nitro groups is 1. The van der Waals surface area contributed by atoms with E-state index in [1.54, 1.807) is 12.1 Å². The first-order valence-electron chi connectivity index (χ1n) is 6.46. The molecule has 6 heteroatoms. The van der Waals surface area contributed by atoms with Crippen molar-refractivity contribution in [1.29, 1.82) is 5.26 Å². The molecule has 0 unspecified atom stereocenters. The van der Waals surface area contributed by atoms with Crippen LogP contribution in [0.25, 0.3) is 0 Å². The molecular weight excluding hydrogens is 258 g/mol. The molecule has 0 radical (unpaired) electrons. The Morgan fingerprint density at radius 1 is 1.50 bits per heavy atom. The first-order valence-corrected chi connectivity index (χ1v) is 6.46. The van der Waals surface area contributed by atoms with Crippen LogP contribution in [0.4, 0.5) is 5.69 Å². The molecule has 1 aliphatic heterocycles. The fourth-order valence-corrected chi connectivity index (χ4v) is 2.42. The summed E-state index contributed by atoms with van der Waals surface area (Å²) in [7, 11) is 0. The van der Waals surface area contributed by atoms with Crippen LogP contribution in [0, 0.1) is 21.4 Å². The molecule has 1 aliphatic rings. The van der Waals surface area contributed by atoms with Gasteiger partial charge in [-0.1, -0.05) is 0 Å². The predicted octanol–water partition coefficient (Wildman–Crippen LogP) is 2.62. The van der Waals surface area contributed by atoms with Crippen LogP contribution < -0.4 is 0 Å². The summed E-state index contributed by atoms with van der Waals surface area (Å²) >= 11 is 0. The summed E-state index contributed by atoms with van der Waals surface area (Å²) in [5, 5.41) is 19.4. The van der Waals surface area contributed by atoms with Gasteiger partial charge in [0.25, 0.3) is 5.69 Å². The summed E-state index contributed by atoms with van der Waals surface area (Å²) in [6, 6.07) is 8.51. The van der Waals surface area contributed by atoms with Gasteiger partial charge in [0, 0.05) is 31.6 Å². The molecule has 0 aliphatic carbocycles. The molecule has 1 fully saturated rings. The number of hydrogen-bond donors (Lipinski definition) is 0. The van der Waals surface area contributed by atoms with Crippen LogP contribution in [0.5, 0.6) is 0 Å². The van der Waals surface area contributed by atoms with E-state index < -0.39 is 4.92 Å². The second kappa shape index (κ2) is 5.57. The van der Waals surface area contributed by atoms with Crippen molar-refractivity contribution in [1.82, 2.24) is 4.90 Å². The van der Waals surface area contributed by atoms with E-state index in [1.807, 2.05) is 13.8 Å². The maximum absolute atomic E-state index is 10.7. The van der Waals surface area contributed by atoms with Gasteiger partial charge in [-0.05, 0) is 31.5 Å². The summed E-state index contributed by atoms with van der Waals surface area (Å²) in [6.45, 7) is 5.35. The van der Waals surface area contributed by atoms with Gasteiger partial charge >= 0.3 is 0 Å². The van der Waals surface area contributed by atoms with Gasteiger partial charge in [-0.25, -0.2) is 0 Å². The second-order valence-corrected chi connectivity index (χ2v) is 5.46. The molecule has 1 heterocycles. The van der Waals surface area contributed by atoms with Gasteiger partial charge in [-0.15, -0.1) is 0 Å². The molecule has 106 valence electrons. The van der Waals surface area contributed by atoms with E-state index in [9.17, 15) is 10.1 Å². The molecule has 1 saturated heterocycles. The van der Waals surface area contributed by atoms with Crippen molar-refractivity contribution in [2.45, 2.75) is 32.1 Å². The molecule has 0 saturated carbocycles. The van der Waals surface area contributed by atoms with Crippen molar-refractivity contribution >= 4 is 5.69 Å². The predicted molar refractivity (Wildman–Crippen MR) is 72.8 cm³/mol. The van der Waals surface area contributed by atoms with Crippen molar-refractivity contribution < 1.29 is 9.66 Å². The first kappa shape index (κ1) is 14.4. The number of nitrogens with zero attached hydrogens (tertiary/aromatic N) is 3. The van der Waals surface area contributed by atoms with Crippen LogP contribution >= 0.6 is 0 Å². The number of benzene rings is 1. The van der Waals surface area contributed by atoms with Crippen molar-refractivity contribution in [2.24, 2.45) is 0 Å². The Bertz CT molecular complexity index is 534. The number of nitriles is 1. The van der Waals surface area contributed by atoms with Gasteiger partial charge < -0.3 is 4.74 Å². The second-order valence-electron chi connectivity index (χ2n) is 5.46. The lowest BCUT2D eigenvalue weighted by Gasteiger charge is -2.21. The van der Waals surface area contributed by atoms with Gasteiger partial charge in [-0.2, -0.15) is 5.26 Å². The number of ether oxygens (including phenoxy) is 1. The van der Waals surface area contributed by atoms with Crippen molar-refractivity contribution in [3.63, 3.8) is 0 Å². The highest BCUT2D eigenvalue weighted by Gasteiger charge is 2.38. The third kappa shape index (κ3) is 3.13. The van der Waals surface area contributed by atoms with Crippen LogP contribution in [-0.2, 0) is 4.74 Å². The Morgan fingerprint density at radius 3 is 2.70 bits per heavy atom. The molecule has 0 aromatic heterocycles. The number of nitro benzene ring substituents is 1. The smallest absolute Gasteiger partial charge is 0.269 e. The molecule has 1 aromatic rings. The molecule has 6 nitrogen and oxygen atoms in total. The summed E-state index contributed by atoms with van der Waals surface area (Å²) in [6.07, 6.45) is 0.183. The van der Waals surface area contributed by atoms with Gasteiger partial charge in [0.2, 0.25) is 0 Å². The van der Waals surface area contributed by atoms with E-state index in [0.29, 0.717) is 13.0 Å². The van der Waals surface area contributed by atoms with E-state index >= 15 is 0 Å². The Labute approximate surface area is 117 Å². The summed E-state index contributed by atoms with van der Waals surface area (Å²) in [5.74, 6) is 0. The standard InChI is InChI=1S/C14H17N3O3/c1-14(2)10-16(9-3-8-15)13(20-14)11-4-6-12(7-5-11)17(18)19/h4-7,13H,3,9-10H2,1-2H3/t13-/m0/s1. The zero-order valence-corrected chi connectivity index (χ0v) is 11.6. The minimum absolute atomic E-state index is 0.0644. The molecule has 20 heavy (non-hydrogen) atoms. The van der Waals surface area contributed by atoms with Gasteiger partial charge in [0.1, 0.15) is 6.23 Å². The first-order chi connectivity index (χ1) is 9.43. The Morgan fingerprint density at radius 2 is 2.15 bits per heavy atom. The number of hydrogen-bond acceptors (Lipinski definition) is 5. The third-order valence-electron chi connectivity index (χ3n) is 3.25. The van der Waals surface area contributed by atoms with Crippen molar-refractivity contribution in [3.8, 4) is 6.07 Å². The quantitative estimate of drug-likeness (QED) is 0.623. The maximum atomic E-state index is 10.7. The lowest BCUT2D eigenvalue weighted by atomic mass is 10.1. The van der Waals surface area contributed by atoms with E-state index in [0.717, 1.165) is 12.1 Å². The fourth-order valence-electron chi connectivity index (χ4n) is 2.42. The minimum Gasteiger partial charge on any atom is -0.352 e. The molecule has 1 atom stereocenters. The van der Waals surface area contributed by atoms with Crippen LogP contribution in [0.2, 0.25) is 0 Å². The molecule has 2 rings (SSSR count). The Kier molecular flexibility index (Phi) is 4.02. The SMILES string of the molecule is CC1(C)CN(CCC#N)[C@H](c2ccc([N+](=O)[O-])cc2)O1. The highest BCUT2D eigenvalue weighted by Crippen LogP contribution is 2.36. The monoisotopic (exact) mass is 275 g/mol. The average Bonchev–Trinajstić information content (AvgIpc) is 2.71. The number of non-ortho nitro benzene ring substituents is 1. The van der Waals surface area contributed by atoms with Crippen molar-refractivity contribution in [3.05, 3.63) is 39.9 Å². The van der Waals surface area contributed by atoms with Crippen LogP contribution in [-0.4, -0.2) is 28.5 Å². The largest absolute Gasteiger partial charge is 0.352 e. The molecule has 0 N–H and O–H groups in total.